The van der Waals surface area contributed by atoms with Gasteiger partial charge in [-0.1, -0.05) is 47.3 Å². The van der Waals surface area contributed by atoms with Crippen LogP contribution in [-0.4, -0.2) is 61.0 Å². The van der Waals surface area contributed by atoms with Crippen LogP contribution in [0.25, 0.3) is 0 Å². The maximum atomic E-state index is 15.1. The van der Waals surface area contributed by atoms with Gasteiger partial charge in [-0.05, 0) is 58.9 Å². The Hall–Kier alpha value is -1.43. The minimum Gasteiger partial charge on any atom is -0.468 e. The zero-order valence-electron chi connectivity index (χ0n) is 22.7. The van der Waals surface area contributed by atoms with Crippen molar-refractivity contribution in [1.82, 2.24) is 4.90 Å². The number of rotatable bonds is 7. The fourth-order valence-corrected chi connectivity index (χ4v) is 6.24. The molecule has 36 heavy (non-hydrogen) atoms. The van der Waals surface area contributed by atoms with Crippen LogP contribution in [0.3, 0.4) is 0 Å². The molecule has 202 valence electrons. The molecular weight excluding hydrogens is 567 g/mol. The van der Waals surface area contributed by atoms with Crippen molar-refractivity contribution in [3.63, 3.8) is 0 Å². The van der Waals surface area contributed by atoms with E-state index in [1.807, 2.05) is 0 Å². The van der Waals surface area contributed by atoms with Crippen molar-refractivity contribution in [2.24, 2.45) is 4.99 Å². The lowest BCUT2D eigenvalue weighted by atomic mass is 9.83. The summed E-state index contributed by atoms with van der Waals surface area (Å²) in [5, 5.41) is 0.207. The Bertz CT molecular complexity index is 1010. The molecule has 1 aliphatic rings. The van der Waals surface area contributed by atoms with E-state index >= 15 is 4.39 Å². The molecule has 0 aromatic heterocycles. The van der Waals surface area contributed by atoms with Gasteiger partial charge in [-0.3, -0.25) is 9.79 Å². The van der Waals surface area contributed by atoms with Gasteiger partial charge in [0.1, 0.15) is 22.9 Å². The summed E-state index contributed by atoms with van der Waals surface area (Å²) in [7, 11) is -0.0510. The maximum Gasteiger partial charge on any atom is 0.418 e. The molecule has 0 spiro atoms. The Kier molecular flexibility index (Phi) is 9.86. The third kappa shape index (κ3) is 8.29. The lowest BCUT2D eigenvalue weighted by Crippen LogP contribution is -2.50. The average molecular weight is 606 g/mol. The number of methoxy groups -OCH3 is 1. The molecule has 1 aromatic carbocycles. The number of hydrogen-bond acceptors (Lipinski definition) is 7. The third-order valence-corrected chi connectivity index (χ3v) is 8.98. The second kappa shape index (κ2) is 11.5. The molecule has 0 saturated carbocycles. The highest BCUT2D eigenvalue weighted by atomic mass is 79.9. The summed E-state index contributed by atoms with van der Waals surface area (Å²) in [5.41, 5.74) is -1.64. The molecule has 0 radical (unpaired) electrons. The average Bonchev–Trinajstić information content (AvgIpc) is 2.71. The smallest absolute Gasteiger partial charge is 0.418 e. The molecule has 0 N–H and O–H groups in total. The van der Waals surface area contributed by atoms with E-state index in [0.717, 1.165) is 17.8 Å². The van der Waals surface area contributed by atoms with Crippen LogP contribution in [0.5, 0.6) is 0 Å². The number of halogens is 2. The lowest BCUT2D eigenvalue weighted by Gasteiger charge is -2.42. The minimum absolute atomic E-state index is 0.112. The van der Waals surface area contributed by atoms with Gasteiger partial charge in [0.05, 0.1) is 12.6 Å². The van der Waals surface area contributed by atoms with Crippen LogP contribution >= 0.6 is 27.7 Å². The molecule has 0 saturated heterocycles. The first-order valence-electron chi connectivity index (χ1n) is 11.8. The van der Waals surface area contributed by atoms with Gasteiger partial charge in [-0.2, -0.15) is 0 Å². The van der Waals surface area contributed by atoms with Gasteiger partial charge >= 0.3 is 12.1 Å². The number of benzene rings is 1. The first kappa shape index (κ1) is 30.8. The van der Waals surface area contributed by atoms with Crippen LogP contribution in [0.2, 0.25) is 25.7 Å². The van der Waals surface area contributed by atoms with E-state index in [9.17, 15) is 9.59 Å². The van der Waals surface area contributed by atoms with Gasteiger partial charge in [0, 0.05) is 31.1 Å². The van der Waals surface area contributed by atoms with Gasteiger partial charge in [-0.25, -0.2) is 14.1 Å². The highest BCUT2D eigenvalue weighted by molar-refractivity contribution is 9.10. The largest absolute Gasteiger partial charge is 0.468 e. The van der Waals surface area contributed by atoms with Crippen LogP contribution in [0.4, 0.5) is 9.18 Å². The number of amides is 1. The number of amidine groups is 1. The van der Waals surface area contributed by atoms with E-state index < -0.39 is 41.8 Å². The van der Waals surface area contributed by atoms with Crippen molar-refractivity contribution in [2.75, 3.05) is 20.4 Å². The quantitative estimate of drug-likeness (QED) is 0.148. The summed E-state index contributed by atoms with van der Waals surface area (Å²) in [4.78, 5) is 32.4. The number of esters is 1. The highest BCUT2D eigenvalue weighted by Crippen LogP contribution is 2.48. The lowest BCUT2D eigenvalue weighted by molar-refractivity contribution is -0.143. The Balaban J connectivity index is 2.58. The first-order valence-corrected chi connectivity index (χ1v) is 17.1. The zero-order chi connectivity index (χ0) is 27.5. The molecule has 0 bridgehead atoms. The van der Waals surface area contributed by atoms with Crippen LogP contribution in [0, 0.1) is 5.82 Å². The summed E-state index contributed by atoms with van der Waals surface area (Å²) < 4.78 is 31.2. The van der Waals surface area contributed by atoms with Crippen LogP contribution in [0.1, 0.15) is 46.6 Å². The Morgan fingerprint density at radius 2 is 1.89 bits per heavy atom. The topological polar surface area (TPSA) is 77.4 Å². The molecule has 0 fully saturated rings. The van der Waals surface area contributed by atoms with E-state index in [-0.39, 0.29) is 18.3 Å². The van der Waals surface area contributed by atoms with Crippen molar-refractivity contribution in [2.45, 2.75) is 82.6 Å². The molecule has 1 amide bonds. The first-order chi connectivity index (χ1) is 16.4. The second-order valence-corrected chi connectivity index (χ2v) is 19.6. The highest BCUT2D eigenvalue weighted by Gasteiger charge is 2.50. The number of nitrogens with zero attached hydrogens (tertiary/aromatic N) is 2. The van der Waals surface area contributed by atoms with Gasteiger partial charge in [0.15, 0.2) is 5.17 Å². The van der Waals surface area contributed by atoms with Crippen LogP contribution < -0.4 is 0 Å². The number of carbonyl (C=O) groups excluding carboxylic acids is 2. The summed E-state index contributed by atoms with van der Waals surface area (Å²) in [6.45, 7) is 15.8. The SMILES string of the molecule is COC(=O)[C@]1(C)C[C@@](C)(c2cc(Br)ccc2F)N=C(N(COCC[Si](C)(C)C)C(=O)OC(C)(C)C)S1. The molecule has 7 nitrogen and oxygen atoms in total. The van der Waals surface area contributed by atoms with Crippen LogP contribution in [0.15, 0.2) is 27.7 Å². The van der Waals surface area contributed by atoms with Crippen molar-refractivity contribution >= 4 is 53.0 Å². The van der Waals surface area contributed by atoms with Crippen molar-refractivity contribution < 1.29 is 28.2 Å². The molecule has 2 rings (SSSR count). The van der Waals surface area contributed by atoms with E-state index in [4.69, 9.17) is 19.2 Å². The Morgan fingerprint density at radius 3 is 2.44 bits per heavy atom. The standard InChI is InChI=1S/C25H38BrFN2O5SSi/c1-23(2,3)34-22(31)29(16-33-12-13-36(7,8)9)21-28-24(4,15-25(5,35-21)20(30)32-6)18-14-17(26)10-11-19(18)27/h10-11,14H,12-13,15-16H2,1-9H3/t24-,25-/m0/s1. The molecule has 1 aliphatic heterocycles. The molecule has 1 heterocycles. The predicted octanol–water partition coefficient (Wildman–Crippen LogP) is 6.78. The summed E-state index contributed by atoms with van der Waals surface area (Å²) in [6, 6.07) is 5.51. The van der Waals surface area contributed by atoms with Crippen molar-refractivity contribution in [3.8, 4) is 0 Å². The number of aliphatic imine (C=N–C) groups is 1. The van der Waals surface area contributed by atoms with Gasteiger partial charge in [0.25, 0.3) is 0 Å². The summed E-state index contributed by atoms with van der Waals surface area (Å²) in [5.74, 6) is -0.955. The normalized spacial score (nSPS) is 22.6. The molecule has 2 atom stereocenters. The van der Waals surface area contributed by atoms with E-state index in [0.29, 0.717) is 16.6 Å². The third-order valence-electron chi connectivity index (χ3n) is 5.53. The number of ether oxygens (including phenoxy) is 3. The predicted molar refractivity (Wildman–Crippen MR) is 149 cm³/mol. The molecule has 0 unspecified atom stereocenters. The fourth-order valence-electron chi connectivity index (χ4n) is 3.72. The van der Waals surface area contributed by atoms with Gasteiger partial charge < -0.3 is 14.2 Å². The van der Waals surface area contributed by atoms with E-state index in [2.05, 4.69) is 35.6 Å². The van der Waals surface area contributed by atoms with E-state index in [1.165, 1.54) is 18.1 Å². The Labute approximate surface area is 227 Å². The van der Waals surface area contributed by atoms with Gasteiger partial charge in [0.2, 0.25) is 0 Å². The number of hydrogen-bond donors (Lipinski definition) is 0. The van der Waals surface area contributed by atoms with E-state index in [1.54, 1.807) is 46.8 Å². The minimum atomic E-state index is -1.36. The second-order valence-electron chi connectivity index (χ2n) is 11.6. The van der Waals surface area contributed by atoms with Gasteiger partial charge in [-0.15, -0.1) is 0 Å². The molecule has 0 aliphatic carbocycles. The zero-order valence-corrected chi connectivity index (χ0v) is 26.1. The molecular formula is C25H38BrFN2O5SSi. The van der Waals surface area contributed by atoms with Crippen LogP contribution in [-0.2, 0) is 24.5 Å². The monoisotopic (exact) mass is 604 g/mol. The molecule has 11 heteroatoms. The Morgan fingerprint density at radius 1 is 1.25 bits per heavy atom. The number of thioether (sulfide) groups is 1. The molecule has 1 aromatic rings. The van der Waals surface area contributed by atoms with Crippen molar-refractivity contribution in [3.05, 3.63) is 34.1 Å². The summed E-state index contributed by atoms with van der Waals surface area (Å²) in [6.07, 6.45) is -0.500. The van der Waals surface area contributed by atoms with Crippen molar-refractivity contribution in [1.29, 1.82) is 0 Å². The summed E-state index contributed by atoms with van der Waals surface area (Å²) >= 11 is 4.50. The maximum absolute atomic E-state index is 15.1. The number of carbonyl (C=O) groups is 2. The fraction of sp³-hybridized carbons (Fsp3) is 0.640.